The van der Waals surface area contributed by atoms with Gasteiger partial charge >= 0.3 is 0 Å². The fourth-order valence-electron chi connectivity index (χ4n) is 1.53. The summed E-state index contributed by atoms with van der Waals surface area (Å²) in [6.45, 7) is 3.84. The molecule has 0 bridgehead atoms. The van der Waals surface area contributed by atoms with Crippen molar-refractivity contribution in [1.82, 2.24) is 9.97 Å². The van der Waals surface area contributed by atoms with Crippen LogP contribution in [0, 0.1) is 13.8 Å². The van der Waals surface area contributed by atoms with E-state index in [1.807, 2.05) is 32.0 Å². The third kappa shape index (κ3) is 2.48. The number of rotatable bonds is 2. The highest BCUT2D eigenvalue weighted by Crippen LogP contribution is 2.28. The highest BCUT2D eigenvalue weighted by molar-refractivity contribution is 9.10. The van der Waals surface area contributed by atoms with E-state index in [0.717, 1.165) is 21.3 Å². The minimum Gasteiger partial charge on any atom is -0.308 e. The van der Waals surface area contributed by atoms with Crippen molar-refractivity contribution in [1.29, 1.82) is 0 Å². The monoisotopic (exact) mass is 326 g/mol. The van der Waals surface area contributed by atoms with Crippen LogP contribution in [0.2, 0.25) is 5.02 Å². The summed E-state index contributed by atoms with van der Waals surface area (Å²) in [4.78, 5) is 8.81. The number of aromatic nitrogens is 2. The Bertz CT molecular complexity index is 601. The van der Waals surface area contributed by atoms with Gasteiger partial charge in [-0.25, -0.2) is 15.8 Å². The lowest BCUT2D eigenvalue weighted by Gasteiger charge is -2.10. The molecule has 0 unspecified atom stereocenters. The number of nitrogens with two attached hydrogens (primary N) is 1. The number of hydrazine groups is 1. The van der Waals surface area contributed by atoms with Crippen LogP contribution in [-0.2, 0) is 0 Å². The van der Waals surface area contributed by atoms with Crippen LogP contribution < -0.4 is 11.3 Å². The number of nitrogens with zero attached hydrogens (tertiary/aromatic N) is 2. The van der Waals surface area contributed by atoms with E-state index in [9.17, 15) is 0 Å². The molecule has 0 aliphatic carbocycles. The summed E-state index contributed by atoms with van der Waals surface area (Å²) < 4.78 is 0.842. The first-order valence-electron chi connectivity index (χ1n) is 5.30. The minimum absolute atomic E-state index is 0.598. The summed E-state index contributed by atoms with van der Waals surface area (Å²) in [5.41, 5.74) is 5.24. The molecule has 0 radical (unpaired) electrons. The van der Waals surface area contributed by atoms with E-state index in [4.69, 9.17) is 17.4 Å². The van der Waals surface area contributed by atoms with Crippen molar-refractivity contribution in [2.45, 2.75) is 13.8 Å². The molecule has 1 aromatic carbocycles. The first-order valence-corrected chi connectivity index (χ1v) is 6.47. The van der Waals surface area contributed by atoms with Crippen molar-refractivity contribution < 1.29 is 0 Å². The second kappa shape index (κ2) is 5.22. The third-order valence-electron chi connectivity index (χ3n) is 2.70. The molecule has 2 rings (SSSR count). The van der Waals surface area contributed by atoms with Crippen LogP contribution in [0.15, 0.2) is 22.7 Å². The molecule has 3 N–H and O–H groups in total. The maximum atomic E-state index is 6.07. The van der Waals surface area contributed by atoms with Gasteiger partial charge in [0.05, 0.1) is 5.02 Å². The number of hydrogen-bond acceptors (Lipinski definition) is 4. The number of halogens is 2. The summed E-state index contributed by atoms with van der Waals surface area (Å²) in [7, 11) is 0. The molecule has 0 fully saturated rings. The molecular weight excluding hydrogens is 316 g/mol. The van der Waals surface area contributed by atoms with Gasteiger partial charge in [0.15, 0.2) is 5.82 Å². The van der Waals surface area contributed by atoms with Crippen LogP contribution >= 0.6 is 27.5 Å². The van der Waals surface area contributed by atoms with Gasteiger partial charge in [-0.15, -0.1) is 0 Å². The lowest BCUT2D eigenvalue weighted by molar-refractivity contribution is 1.06. The average Bonchev–Trinajstić information content (AvgIpc) is 2.36. The van der Waals surface area contributed by atoms with E-state index in [2.05, 4.69) is 31.3 Å². The molecule has 6 heteroatoms. The predicted octanol–water partition coefficient (Wildman–Crippen LogP) is 3.46. The van der Waals surface area contributed by atoms with Gasteiger partial charge in [-0.3, -0.25) is 0 Å². The summed E-state index contributed by atoms with van der Waals surface area (Å²) in [6, 6.07) is 5.59. The van der Waals surface area contributed by atoms with Crippen LogP contribution in [0.4, 0.5) is 5.82 Å². The van der Waals surface area contributed by atoms with Crippen molar-refractivity contribution in [3.05, 3.63) is 39.0 Å². The van der Waals surface area contributed by atoms with E-state index >= 15 is 0 Å². The molecule has 0 atom stereocenters. The Morgan fingerprint density at radius 3 is 2.61 bits per heavy atom. The molecule has 0 saturated carbocycles. The highest BCUT2D eigenvalue weighted by atomic mass is 79.9. The largest absolute Gasteiger partial charge is 0.308 e. The molecule has 94 valence electrons. The molecule has 4 nitrogen and oxygen atoms in total. The molecular formula is C12H12BrClN4. The van der Waals surface area contributed by atoms with E-state index in [-0.39, 0.29) is 0 Å². The molecule has 0 spiro atoms. The zero-order valence-electron chi connectivity index (χ0n) is 9.96. The molecule has 2 aromatic rings. The molecule has 0 aliphatic rings. The van der Waals surface area contributed by atoms with Crippen molar-refractivity contribution >= 4 is 33.3 Å². The SMILES string of the molecule is Cc1nc(-c2ccc(Br)c(Cl)c2)nc(NN)c1C. The quantitative estimate of drug-likeness (QED) is 0.655. The van der Waals surface area contributed by atoms with Crippen LogP contribution in [0.3, 0.4) is 0 Å². The standard InChI is InChI=1S/C12H12BrClN4/c1-6-7(2)16-12(17-11(6)18-15)8-3-4-9(13)10(14)5-8/h3-5H,15H2,1-2H3,(H,16,17,18). The minimum atomic E-state index is 0.598. The third-order valence-corrected chi connectivity index (χ3v) is 3.94. The highest BCUT2D eigenvalue weighted by Gasteiger charge is 2.10. The molecule has 0 amide bonds. The maximum Gasteiger partial charge on any atom is 0.161 e. The fourth-order valence-corrected chi connectivity index (χ4v) is 1.96. The normalized spacial score (nSPS) is 10.5. The summed E-state index contributed by atoms with van der Waals surface area (Å²) in [5, 5.41) is 0.622. The summed E-state index contributed by atoms with van der Waals surface area (Å²) >= 11 is 9.42. The Labute approximate surface area is 119 Å². The van der Waals surface area contributed by atoms with Crippen LogP contribution in [0.1, 0.15) is 11.3 Å². The summed E-state index contributed by atoms with van der Waals surface area (Å²) in [6.07, 6.45) is 0. The van der Waals surface area contributed by atoms with Gasteiger partial charge < -0.3 is 5.43 Å². The predicted molar refractivity (Wildman–Crippen MR) is 77.5 cm³/mol. The number of anilines is 1. The molecule has 1 aromatic heterocycles. The lowest BCUT2D eigenvalue weighted by Crippen LogP contribution is -2.12. The van der Waals surface area contributed by atoms with Gasteiger partial charge in [0.25, 0.3) is 0 Å². The maximum absolute atomic E-state index is 6.07. The van der Waals surface area contributed by atoms with Gasteiger partial charge in [-0.05, 0) is 48.0 Å². The molecule has 0 saturated heterocycles. The lowest BCUT2D eigenvalue weighted by atomic mass is 10.2. The van der Waals surface area contributed by atoms with Crippen molar-refractivity contribution in [3.63, 3.8) is 0 Å². The second-order valence-electron chi connectivity index (χ2n) is 3.88. The average molecular weight is 328 g/mol. The van der Waals surface area contributed by atoms with Crippen LogP contribution in [-0.4, -0.2) is 9.97 Å². The Balaban J connectivity index is 2.57. The van der Waals surface area contributed by atoms with Crippen molar-refractivity contribution in [2.24, 2.45) is 5.84 Å². The molecule has 0 aliphatic heterocycles. The van der Waals surface area contributed by atoms with Crippen molar-refractivity contribution in [3.8, 4) is 11.4 Å². The Hall–Kier alpha value is -1.17. The Kier molecular flexibility index (Phi) is 3.85. The van der Waals surface area contributed by atoms with Gasteiger partial charge in [0.1, 0.15) is 5.82 Å². The number of nitrogen functional groups attached to an aromatic ring is 1. The number of aryl methyl sites for hydroxylation is 1. The topological polar surface area (TPSA) is 63.8 Å². The number of nitrogens with one attached hydrogen (secondary N) is 1. The Morgan fingerprint density at radius 2 is 2.00 bits per heavy atom. The summed E-state index contributed by atoms with van der Waals surface area (Å²) in [5.74, 6) is 6.67. The Morgan fingerprint density at radius 1 is 1.28 bits per heavy atom. The van der Waals surface area contributed by atoms with E-state index in [1.54, 1.807) is 0 Å². The fraction of sp³-hybridized carbons (Fsp3) is 0.167. The van der Waals surface area contributed by atoms with Gasteiger partial charge in [0.2, 0.25) is 0 Å². The zero-order chi connectivity index (χ0) is 13.3. The van der Waals surface area contributed by atoms with E-state index in [1.165, 1.54) is 0 Å². The van der Waals surface area contributed by atoms with Crippen molar-refractivity contribution in [2.75, 3.05) is 5.43 Å². The van der Waals surface area contributed by atoms with E-state index < -0.39 is 0 Å². The van der Waals surface area contributed by atoms with Gasteiger partial charge in [-0.2, -0.15) is 0 Å². The molecule has 1 heterocycles. The van der Waals surface area contributed by atoms with E-state index in [0.29, 0.717) is 16.7 Å². The molecule has 18 heavy (non-hydrogen) atoms. The number of benzene rings is 1. The smallest absolute Gasteiger partial charge is 0.161 e. The zero-order valence-corrected chi connectivity index (χ0v) is 12.3. The number of hydrogen-bond donors (Lipinski definition) is 2. The van der Waals surface area contributed by atoms with Crippen LogP contribution in [0.5, 0.6) is 0 Å². The van der Waals surface area contributed by atoms with Crippen LogP contribution in [0.25, 0.3) is 11.4 Å². The first-order chi connectivity index (χ1) is 8.52. The van der Waals surface area contributed by atoms with Gasteiger partial charge in [-0.1, -0.05) is 11.6 Å². The van der Waals surface area contributed by atoms with Gasteiger partial charge in [0, 0.05) is 21.3 Å². The second-order valence-corrected chi connectivity index (χ2v) is 5.14. The first kappa shape index (κ1) is 13.3.